The molecule has 0 spiro atoms. The molecule has 0 fully saturated rings. The van der Waals surface area contributed by atoms with Gasteiger partial charge < -0.3 is 14.8 Å². The molecule has 3 rings (SSSR count). The first-order valence-corrected chi connectivity index (χ1v) is 7.30. The summed E-state index contributed by atoms with van der Waals surface area (Å²) in [6.07, 6.45) is 0.710. The van der Waals surface area contributed by atoms with Gasteiger partial charge in [0.2, 0.25) is 0 Å². The summed E-state index contributed by atoms with van der Waals surface area (Å²) in [6.45, 7) is 3.70. The molecule has 0 aliphatic carbocycles. The van der Waals surface area contributed by atoms with Gasteiger partial charge in [-0.05, 0) is 31.5 Å². The van der Waals surface area contributed by atoms with E-state index in [0.29, 0.717) is 35.6 Å². The Morgan fingerprint density at radius 3 is 2.65 bits per heavy atom. The molecule has 1 heterocycles. The summed E-state index contributed by atoms with van der Waals surface area (Å²) in [5, 5.41) is 2.76. The van der Waals surface area contributed by atoms with Crippen molar-refractivity contribution < 1.29 is 19.1 Å². The van der Waals surface area contributed by atoms with Gasteiger partial charge in [-0.1, -0.05) is 30.3 Å². The van der Waals surface area contributed by atoms with Crippen LogP contribution in [0.25, 0.3) is 0 Å². The van der Waals surface area contributed by atoms with Crippen LogP contribution in [0.3, 0.4) is 0 Å². The molecule has 1 N–H and O–H groups in total. The quantitative estimate of drug-likeness (QED) is 0.881. The maximum absolute atomic E-state index is 12.0. The highest BCUT2D eigenvalue weighted by Gasteiger charge is 2.37. The highest BCUT2D eigenvalue weighted by Crippen LogP contribution is 2.42. The Morgan fingerprint density at radius 2 is 1.96 bits per heavy atom. The fourth-order valence-corrected chi connectivity index (χ4v) is 2.31. The second-order valence-corrected chi connectivity index (χ2v) is 5.85. The van der Waals surface area contributed by atoms with Crippen LogP contribution in [0.5, 0.6) is 11.5 Å². The number of nitrogens with one attached hydrogen (secondary N) is 1. The predicted molar refractivity (Wildman–Crippen MR) is 85.9 cm³/mol. The maximum Gasteiger partial charge on any atom is 0.268 e. The molecular formula is C18H17NO4. The minimum atomic E-state index is -0.999. The van der Waals surface area contributed by atoms with Crippen molar-refractivity contribution in [3.05, 3.63) is 53.6 Å². The summed E-state index contributed by atoms with van der Waals surface area (Å²) in [4.78, 5) is 23.1. The van der Waals surface area contributed by atoms with Crippen molar-refractivity contribution >= 4 is 17.9 Å². The van der Waals surface area contributed by atoms with Crippen molar-refractivity contribution in [1.29, 1.82) is 0 Å². The summed E-state index contributed by atoms with van der Waals surface area (Å²) in [5.41, 5.74) is 0.856. The minimum Gasteiger partial charge on any atom is -0.485 e. The van der Waals surface area contributed by atoms with Crippen molar-refractivity contribution in [1.82, 2.24) is 0 Å². The van der Waals surface area contributed by atoms with Crippen LogP contribution in [0.1, 0.15) is 29.8 Å². The zero-order valence-corrected chi connectivity index (χ0v) is 13.0. The van der Waals surface area contributed by atoms with E-state index in [9.17, 15) is 9.59 Å². The molecule has 0 radical (unpaired) electrons. The van der Waals surface area contributed by atoms with E-state index in [2.05, 4.69) is 5.32 Å². The fraction of sp³-hybridized carbons (Fsp3) is 0.222. The number of benzene rings is 2. The second kappa shape index (κ2) is 5.76. The van der Waals surface area contributed by atoms with Crippen LogP contribution in [0, 0.1) is 0 Å². The van der Waals surface area contributed by atoms with Crippen molar-refractivity contribution in [3.8, 4) is 11.5 Å². The van der Waals surface area contributed by atoms with Crippen molar-refractivity contribution in [2.24, 2.45) is 0 Å². The lowest BCUT2D eigenvalue weighted by Crippen LogP contribution is -2.45. The molecule has 118 valence electrons. The van der Waals surface area contributed by atoms with Crippen LogP contribution in [0.4, 0.5) is 5.69 Å². The summed E-state index contributed by atoms with van der Waals surface area (Å²) in [5.74, 6) is 0.611. The molecule has 5 heteroatoms. The summed E-state index contributed by atoms with van der Waals surface area (Å²) in [7, 11) is 0. The number of hydrogen-bond donors (Lipinski definition) is 1. The predicted octanol–water partition coefficient (Wildman–Crippen LogP) is 3.19. The lowest BCUT2D eigenvalue weighted by atomic mass is 10.0. The Balaban J connectivity index is 1.94. The average molecular weight is 311 g/mol. The van der Waals surface area contributed by atoms with Crippen molar-refractivity contribution in [2.45, 2.75) is 26.1 Å². The molecule has 2 aromatic carbocycles. The molecule has 0 aromatic heterocycles. The number of aldehydes is 1. The molecule has 1 aliphatic rings. The number of carbonyl (C=O) groups is 2. The molecule has 0 bridgehead atoms. The van der Waals surface area contributed by atoms with Gasteiger partial charge in [-0.2, -0.15) is 0 Å². The van der Waals surface area contributed by atoms with Crippen LogP contribution >= 0.6 is 0 Å². The molecule has 1 amide bonds. The largest absolute Gasteiger partial charge is 0.485 e. The highest BCUT2D eigenvalue weighted by molar-refractivity contribution is 6.01. The Kier molecular flexibility index (Phi) is 3.78. The first-order chi connectivity index (χ1) is 11.0. The smallest absolute Gasteiger partial charge is 0.268 e. The Bertz CT molecular complexity index is 753. The van der Waals surface area contributed by atoms with Crippen molar-refractivity contribution in [3.63, 3.8) is 0 Å². The lowest BCUT2D eigenvalue weighted by Gasteiger charge is -2.32. The minimum absolute atomic E-state index is 0.262. The van der Waals surface area contributed by atoms with Gasteiger partial charge in [0, 0.05) is 5.56 Å². The third kappa shape index (κ3) is 3.04. The van der Waals surface area contributed by atoms with Gasteiger partial charge in [0.1, 0.15) is 12.9 Å². The number of anilines is 1. The van der Waals surface area contributed by atoms with Crippen LogP contribution < -0.4 is 14.8 Å². The maximum atomic E-state index is 12.0. The Morgan fingerprint density at radius 1 is 1.22 bits per heavy atom. The number of hydrogen-bond acceptors (Lipinski definition) is 4. The number of amides is 1. The van der Waals surface area contributed by atoms with Gasteiger partial charge >= 0.3 is 0 Å². The molecular weight excluding hydrogens is 294 g/mol. The van der Waals surface area contributed by atoms with Gasteiger partial charge in [-0.3, -0.25) is 9.59 Å². The zero-order chi connectivity index (χ0) is 16.4. The monoisotopic (exact) mass is 311 g/mol. The van der Waals surface area contributed by atoms with E-state index in [-0.39, 0.29) is 5.91 Å². The van der Waals surface area contributed by atoms with Gasteiger partial charge in [-0.25, -0.2) is 0 Å². The zero-order valence-electron chi connectivity index (χ0n) is 13.0. The third-order valence-electron chi connectivity index (χ3n) is 3.60. The Hall–Kier alpha value is -2.82. The topological polar surface area (TPSA) is 64.6 Å². The standard InChI is InChI=1S/C18H17NO4/c1-18(2)17(21)19-14-8-13(10-20)9-15(16(14)23-18)22-11-12-6-4-3-5-7-12/h3-10H,11H2,1-2H3,(H,19,21). The normalized spacial score (nSPS) is 15.1. The van der Waals surface area contributed by atoms with E-state index in [1.54, 1.807) is 26.0 Å². The number of fused-ring (bicyclic) bond motifs is 1. The third-order valence-corrected chi connectivity index (χ3v) is 3.60. The van der Waals surface area contributed by atoms with E-state index < -0.39 is 5.60 Å². The number of rotatable bonds is 4. The average Bonchev–Trinajstić information content (AvgIpc) is 2.54. The van der Waals surface area contributed by atoms with Crippen molar-refractivity contribution in [2.75, 3.05) is 5.32 Å². The molecule has 0 unspecified atom stereocenters. The fourth-order valence-electron chi connectivity index (χ4n) is 2.31. The molecule has 0 atom stereocenters. The molecule has 5 nitrogen and oxygen atoms in total. The summed E-state index contributed by atoms with van der Waals surface area (Å²) >= 11 is 0. The number of ether oxygens (including phenoxy) is 2. The Labute approximate surface area is 134 Å². The van der Waals surface area contributed by atoms with E-state index in [4.69, 9.17) is 9.47 Å². The summed E-state index contributed by atoms with van der Waals surface area (Å²) < 4.78 is 11.6. The molecule has 1 aliphatic heterocycles. The molecule has 23 heavy (non-hydrogen) atoms. The van der Waals surface area contributed by atoms with E-state index >= 15 is 0 Å². The van der Waals surface area contributed by atoms with Crippen LogP contribution in [0.2, 0.25) is 0 Å². The second-order valence-electron chi connectivity index (χ2n) is 5.85. The van der Waals surface area contributed by atoms with Gasteiger partial charge in [-0.15, -0.1) is 0 Å². The SMILES string of the molecule is CC1(C)Oc2c(cc(C=O)cc2OCc2ccccc2)NC1=O. The van der Waals surface area contributed by atoms with Gasteiger partial charge in [0.15, 0.2) is 17.1 Å². The van der Waals surface area contributed by atoms with Gasteiger partial charge in [0.05, 0.1) is 5.69 Å². The van der Waals surface area contributed by atoms with E-state index in [1.807, 2.05) is 30.3 Å². The van der Waals surface area contributed by atoms with Crippen LogP contribution in [0.15, 0.2) is 42.5 Å². The first kappa shape index (κ1) is 15.1. The van der Waals surface area contributed by atoms with E-state index in [1.165, 1.54) is 0 Å². The summed E-state index contributed by atoms with van der Waals surface area (Å²) in [6, 6.07) is 12.9. The highest BCUT2D eigenvalue weighted by atomic mass is 16.5. The first-order valence-electron chi connectivity index (χ1n) is 7.30. The van der Waals surface area contributed by atoms with Crippen LogP contribution in [-0.2, 0) is 11.4 Å². The number of carbonyl (C=O) groups excluding carboxylic acids is 2. The van der Waals surface area contributed by atoms with E-state index in [0.717, 1.165) is 5.56 Å². The van der Waals surface area contributed by atoms with Gasteiger partial charge in [0.25, 0.3) is 5.91 Å². The molecule has 0 saturated carbocycles. The molecule has 2 aromatic rings. The van der Waals surface area contributed by atoms with Crippen LogP contribution in [-0.4, -0.2) is 17.8 Å². The lowest BCUT2D eigenvalue weighted by molar-refractivity contribution is -0.129. The molecule has 0 saturated heterocycles.